The van der Waals surface area contributed by atoms with Gasteiger partial charge >= 0.3 is 0 Å². The minimum absolute atomic E-state index is 0.822. The molecule has 0 spiro atoms. The first-order chi connectivity index (χ1) is 11.4. The fourth-order valence-corrected chi connectivity index (χ4v) is 4.70. The molecule has 2 aliphatic rings. The van der Waals surface area contributed by atoms with Crippen LogP contribution in [0.4, 0.5) is 0 Å². The van der Waals surface area contributed by atoms with Crippen LogP contribution in [-0.2, 0) is 6.42 Å². The van der Waals surface area contributed by atoms with Crippen LogP contribution in [0.15, 0.2) is 24.4 Å². The van der Waals surface area contributed by atoms with Gasteiger partial charge in [-0.3, -0.25) is 4.98 Å². The predicted octanol–water partition coefficient (Wildman–Crippen LogP) is 5.13. The zero-order valence-corrected chi connectivity index (χ0v) is 14.7. The zero-order chi connectivity index (χ0) is 15.7. The van der Waals surface area contributed by atoms with Crippen LogP contribution in [0.25, 0.3) is 0 Å². The van der Waals surface area contributed by atoms with E-state index in [-0.39, 0.29) is 0 Å². The van der Waals surface area contributed by atoms with Crippen LogP contribution < -0.4 is 5.32 Å². The molecule has 128 valence electrons. The van der Waals surface area contributed by atoms with Crippen molar-refractivity contribution >= 4 is 0 Å². The Morgan fingerprint density at radius 1 is 0.913 bits per heavy atom. The quantitative estimate of drug-likeness (QED) is 0.673. The van der Waals surface area contributed by atoms with Crippen molar-refractivity contribution in [1.82, 2.24) is 10.3 Å². The van der Waals surface area contributed by atoms with E-state index in [0.717, 1.165) is 24.3 Å². The number of pyridine rings is 1. The Balaban J connectivity index is 1.20. The SMILES string of the molecule is c1ccc(CCCCCCN[C@@H]2CCC3CCCCC3C2)nc1. The van der Waals surface area contributed by atoms with Crippen LogP contribution >= 0.6 is 0 Å². The summed E-state index contributed by atoms with van der Waals surface area (Å²) in [4.78, 5) is 4.39. The summed E-state index contributed by atoms with van der Waals surface area (Å²) in [6, 6.07) is 7.05. The Morgan fingerprint density at radius 2 is 1.78 bits per heavy atom. The van der Waals surface area contributed by atoms with E-state index in [0.29, 0.717) is 0 Å². The standard InChI is InChI=1S/C21H34N2/c1(3-11-20-12-6-8-16-22-20)2-7-15-23-21-14-13-18-9-4-5-10-19(18)17-21/h6,8,12,16,18-19,21,23H,1-5,7,9-11,13-15,17H2/t18?,19?,21-/m1/s1. The first-order valence-corrected chi connectivity index (χ1v) is 10.0. The summed E-state index contributed by atoms with van der Waals surface area (Å²) in [5.41, 5.74) is 1.25. The molecule has 3 atom stereocenters. The lowest BCUT2D eigenvalue weighted by Gasteiger charge is -2.39. The predicted molar refractivity (Wildman–Crippen MR) is 97.5 cm³/mol. The normalized spacial score (nSPS) is 27.6. The van der Waals surface area contributed by atoms with Gasteiger partial charge in [0, 0.05) is 17.9 Å². The lowest BCUT2D eigenvalue weighted by atomic mass is 9.69. The maximum absolute atomic E-state index is 4.39. The zero-order valence-electron chi connectivity index (χ0n) is 14.7. The highest BCUT2D eigenvalue weighted by Crippen LogP contribution is 2.40. The second kappa shape index (κ2) is 9.42. The molecule has 1 N–H and O–H groups in total. The van der Waals surface area contributed by atoms with Gasteiger partial charge in [-0.1, -0.05) is 44.6 Å². The Kier molecular flexibility index (Phi) is 6.94. The minimum atomic E-state index is 0.822. The summed E-state index contributed by atoms with van der Waals surface area (Å²) in [6.07, 6.45) is 18.8. The van der Waals surface area contributed by atoms with Gasteiger partial charge in [0.2, 0.25) is 0 Å². The van der Waals surface area contributed by atoms with Crippen molar-refractivity contribution in [3.05, 3.63) is 30.1 Å². The number of nitrogens with zero attached hydrogens (tertiary/aromatic N) is 1. The molecule has 2 unspecified atom stereocenters. The molecule has 2 aliphatic carbocycles. The smallest absolute Gasteiger partial charge is 0.0403 e. The Hall–Kier alpha value is -0.890. The number of fused-ring (bicyclic) bond motifs is 1. The van der Waals surface area contributed by atoms with Gasteiger partial charge in [0.25, 0.3) is 0 Å². The summed E-state index contributed by atoms with van der Waals surface area (Å²) in [7, 11) is 0. The molecule has 1 heterocycles. The average molecular weight is 315 g/mol. The van der Waals surface area contributed by atoms with Crippen LogP contribution in [0.1, 0.15) is 76.3 Å². The number of unbranched alkanes of at least 4 members (excludes halogenated alkanes) is 3. The summed E-state index contributed by atoms with van der Waals surface area (Å²) in [5.74, 6) is 2.13. The van der Waals surface area contributed by atoms with Crippen molar-refractivity contribution in [2.24, 2.45) is 11.8 Å². The fourth-order valence-electron chi connectivity index (χ4n) is 4.70. The molecule has 0 saturated heterocycles. The van der Waals surface area contributed by atoms with Crippen molar-refractivity contribution in [2.75, 3.05) is 6.54 Å². The maximum atomic E-state index is 4.39. The van der Waals surface area contributed by atoms with Gasteiger partial charge in [-0.25, -0.2) is 0 Å². The van der Waals surface area contributed by atoms with Crippen molar-refractivity contribution in [3.63, 3.8) is 0 Å². The van der Waals surface area contributed by atoms with Crippen molar-refractivity contribution in [3.8, 4) is 0 Å². The third kappa shape index (κ3) is 5.60. The number of aromatic nitrogens is 1. The first kappa shape index (κ1) is 17.0. The maximum Gasteiger partial charge on any atom is 0.0403 e. The van der Waals surface area contributed by atoms with E-state index in [9.17, 15) is 0 Å². The van der Waals surface area contributed by atoms with E-state index in [1.807, 2.05) is 12.3 Å². The summed E-state index contributed by atoms with van der Waals surface area (Å²) < 4.78 is 0. The Labute approximate surface area is 142 Å². The molecule has 23 heavy (non-hydrogen) atoms. The lowest BCUT2D eigenvalue weighted by Crippen LogP contribution is -2.39. The molecule has 0 amide bonds. The molecule has 0 bridgehead atoms. The average Bonchev–Trinajstić information content (AvgIpc) is 2.61. The van der Waals surface area contributed by atoms with Crippen LogP contribution in [-0.4, -0.2) is 17.6 Å². The fraction of sp³-hybridized carbons (Fsp3) is 0.762. The highest BCUT2D eigenvalue weighted by atomic mass is 14.9. The molecule has 0 aliphatic heterocycles. The summed E-state index contributed by atoms with van der Waals surface area (Å²) in [5, 5.41) is 3.85. The topological polar surface area (TPSA) is 24.9 Å². The Morgan fingerprint density at radius 3 is 2.65 bits per heavy atom. The van der Waals surface area contributed by atoms with Crippen LogP contribution in [0.5, 0.6) is 0 Å². The van der Waals surface area contributed by atoms with E-state index in [4.69, 9.17) is 0 Å². The van der Waals surface area contributed by atoms with Gasteiger partial charge in [0.15, 0.2) is 0 Å². The van der Waals surface area contributed by atoms with Gasteiger partial charge in [-0.15, -0.1) is 0 Å². The van der Waals surface area contributed by atoms with Gasteiger partial charge in [0.05, 0.1) is 0 Å². The largest absolute Gasteiger partial charge is 0.314 e. The van der Waals surface area contributed by atoms with Gasteiger partial charge < -0.3 is 5.32 Å². The molecule has 2 saturated carbocycles. The molecule has 2 heteroatoms. The van der Waals surface area contributed by atoms with Crippen LogP contribution in [0, 0.1) is 11.8 Å². The molecule has 1 aromatic heterocycles. The van der Waals surface area contributed by atoms with E-state index < -0.39 is 0 Å². The first-order valence-electron chi connectivity index (χ1n) is 10.0. The van der Waals surface area contributed by atoms with Crippen molar-refractivity contribution in [1.29, 1.82) is 0 Å². The van der Waals surface area contributed by atoms with E-state index in [2.05, 4.69) is 22.4 Å². The molecular formula is C21H34N2. The van der Waals surface area contributed by atoms with Crippen LogP contribution in [0.3, 0.4) is 0 Å². The number of hydrogen-bond acceptors (Lipinski definition) is 2. The second-order valence-electron chi connectivity index (χ2n) is 7.75. The van der Waals surface area contributed by atoms with Crippen molar-refractivity contribution in [2.45, 2.75) is 83.1 Å². The molecule has 2 nitrogen and oxygen atoms in total. The third-order valence-corrected chi connectivity index (χ3v) is 6.06. The lowest BCUT2D eigenvalue weighted by molar-refractivity contribution is 0.143. The summed E-state index contributed by atoms with van der Waals surface area (Å²) in [6.45, 7) is 1.23. The number of nitrogens with one attached hydrogen (secondary N) is 1. The molecular weight excluding hydrogens is 280 g/mol. The third-order valence-electron chi connectivity index (χ3n) is 6.06. The molecule has 0 radical (unpaired) electrons. The highest BCUT2D eigenvalue weighted by Gasteiger charge is 2.31. The molecule has 3 rings (SSSR count). The molecule has 2 fully saturated rings. The van der Waals surface area contributed by atoms with Gasteiger partial charge in [-0.05, 0) is 69.0 Å². The molecule has 0 aromatic carbocycles. The molecule has 1 aromatic rings. The monoisotopic (exact) mass is 314 g/mol. The summed E-state index contributed by atoms with van der Waals surface area (Å²) >= 11 is 0. The number of hydrogen-bond donors (Lipinski definition) is 1. The number of rotatable bonds is 8. The second-order valence-corrected chi connectivity index (χ2v) is 7.75. The van der Waals surface area contributed by atoms with Gasteiger partial charge in [0.1, 0.15) is 0 Å². The highest BCUT2D eigenvalue weighted by molar-refractivity contribution is 5.03. The van der Waals surface area contributed by atoms with E-state index >= 15 is 0 Å². The van der Waals surface area contributed by atoms with Gasteiger partial charge in [-0.2, -0.15) is 0 Å². The van der Waals surface area contributed by atoms with Crippen molar-refractivity contribution < 1.29 is 0 Å². The van der Waals surface area contributed by atoms with E-state index in [1.54, 1.807) is 0 Å². The van der Waals surface area contributed by atoms with E-state index in [1.165, 1.54) is 82.9 Å². The minimum Gasteiger partial charge on any atom is -0.314 e. The Bertz CT molecular complexity index is 431. The number of aryl methyl sites for hydroxylation is 1. The van der Waals surface area contributed by atoms with Crippen LogP contribution in [0.2, 0.25) is 0 Å².